The minimum absolute atomic E-state index is 0.155. The highest BCUT2D eigenvalue weighted by Gasteiger charge is 2.29. The summed E-state index contributed by atoms with van der Waals surface area (Å²) in [4.78, 5) is 17.6. The number of piperazine rings is 1. The molecule has 1 aliphatic heterocycles. The van der Waals surface area contributed by atoms with E-state index in [1.165, 1.54) is 6.33 Å². The van der Waals surface area contributed by atoms with Crippen LogP contribution in [0.25, 0.3) is 11.2 Å². The Morgan fingerprint density at radius 1 is 1.32 bits per heavy atom. The number of hydrogen-bond acceptors (Lipinski definition) is 8. The molecule has 132 valence electrons. The number of aliphatic hydroxyl groups excluding tert-OH is 1. The van der Waals surface area contributed by atoms with Crippen molar-refractivity contribution in [3.63, 3.8) is 0 Å². The maximum absolute atomic E-state index is 9.48. The normalized spacial score (nSPS) is 19.0. The van der Waals surface area contributed by atoms with Crippen molar-refractivity contribution in [1.29, 1.82) is 0 Å². The maximum Gasteiger partial charge on any atom is 0.252 e. The third-order valence-electron chi connectivity index (χ3n) is 4.62. The SMILES string of the molecule is Cc1nc2c(N3CCN(Cc4ccoc4)C(CCO)C3)ncnc2o1. The number of rotatable bonds is 5. The molecule has 1 N–H and O–H groups in total. The summed E-state index contributed by atoms with van der Waals surface area (Å²) in [6, 6.07) is 2.21. The lowest BCUT2D eigenvalue weighted by molar-refractivity contribution is 0.135. The molecule has 0 spiro atoms. The van der Waals surface area contributed by atoms with Gasteiger partial charge < -0.3 is 18.8 Å². The molecule has 0 radical (unpaired) electrons. The fourth-order valence-corrected chi connectivity index (χ4v) is 3.41. The Labute approximate surface area is 145 Å². The highest BCUT2D eigenvalue weighted by molar-refractivity contribution is 5.81. The number of fused-ring (bicyclic) bond motifs is 1. The number of aromatic nitrogens is 3. The van der Waals surface area contributed by atoms with Gasteiger partial charge in [0, 0.05) is 51.3 Å². The van der Waals surface area contributed by atoms with Crippen LogP contribution >= 0.6 is 0 Å². The van der Waals surface area contributed by atoms with Crippen LogP contribution in [0.1, 0.15) is 17.9 Å². The molecule has 0 bridgehead atoms. The number of aryl methyl sites for hydroxylation is 1. The van der Waals surface area contributed by atoms with Crippen LogP contribution in [-0.2, 0) is 6.54 Å². The highest BCUT2D eigenvalue weighted by Crippen LogP contribution is 2.26. The first kappa shape index (κ1) is 16.0. The zero-order valence-corrected chi connectivity index (χ0v) is 14.1. The molecule has 0 amide bonds. The first-order valence-corrected chi connectivity index (χ1v) is 8.43. The lowest BCUT2D eigenvalue weighted by atomic mass is 10.1. The van der Waals surface area contributed by atoms with E-state index in [0.717, 1.165) is 37.6 Å². The molecule has 3 aromatic rings. The zero-order chi connectivity index (χ0) is 17.2. The Balaban J connectivity index is 1.56. The predicted octanol–water partition coefficient (Wildman–Crippen LogP) is 1.59. The van der Waals surface area contributed by atoms with Crippen molar-refractivity contribution in [2.45, 2.75) is 25.9 Å². The minimum atomic E-state index is 0.155. The zero-order valence-electron chi connectivity index (χ0n) is 14.1. The summed E-state index contributed by atoms with van der Waals surface area (Å²) in [6.07, 6.45) is 5.69. The molecule has 4 heterocycles. The van der Waals surface area contributed by atoms with Crippen molar-refractivity contribution in [1.82, 2.24) is 19.9 Å². The molecule has 0 aromatic carbocycles. The molecular weight excluding hydrogens is 322 g/mol. The van der Waals surface area contributed by atoms with Gasteiger partial charge in [0.15, 0.2) is 17.2 Å². The van der Waals surface area contributed by atoms with Gasteiger partial charge >= 0.3 is 0 Å². The molecule has 1 fully saturated rings. The van der Waals surface area contributed by atoms with E-state index in [9.17, 15) is 5.11 Å². The van der Waals surface area contributed by atoms with Gasteiger partial charge in [-0.3, -0.25) is 4.90 Å². The van der Waals surface area contributed by atoms with Crippen molar-refractivity contribution in [2.24, 2.45) is 0 Å². The van der Waals surface area contributed by atoms with Crippen molar-refractivity contribution in [3.8, 4) is 0 Å². The number of anilines is 1. The standard InChI is InChI=1S/C17H21N5O3/c1-12-20-15-16(18-11-19-17(15)25-12)22-5-4-21(14(9-22)2-6-23)8-13-3-7-24-10-13/h3,7,10-11,14,23H,2,4-6,8-9H2,1H3. The van der Waals surface area contributed by atoms with Gasteiger partial charge in [0.1, 0.15) is 6.33 Å². The van der Waals surface area contributed by atoms with Crippen LogP contribution in [-0.4, -0.2) is 57.2 Å². The molecule has 1 aliphatic rings. The van der Waals surface area contributed by atoms with Crippen molar-refractivity contribution >= 4 is 17.0 Å². The first-order chi connectivity index (χ1) is 12.2. The summed E-state index contributed by atoms with van der Waals surface area (Å²) in [5, 5.41) is 9.48. The molecule has 8 nitrogen and oxygen atoms in total. The van der Waals surface area contributed by atoms with Crippen LogP contribution in [0.5, 0.6) is 0 Å². The second-order valence-corrected chi connectivity index (χ2v) is 6.30. The summed E-state index contributed by atoms with van der Waals surface area (Å²) in [5.41, 5.74) is 2.36. The van der Waals surface area contributed by atoms with E-state index in [1.807, 2.05) is 13.0 Å². The molecule has 8 heteroatoms. The second kappa shape index (κ2) is 6.81. The lowest BCUT2D eigenvalue weighted by Gasteiger charge is -2.41. The Morgan fingerprint density at radius 2 is 2.24 bits per heavy atom. The van der Waals surface area contributed by atoms with Crippen molar-refractivity contribution in [3.05, 3.63) is 36.4 Å². The Kier molecular flexibility index (Phi) is 4.37. The predicted molar refractivity (Wildman–Crippen MR) is 91.2 cm³/mol. The average molecular weight is 343 g/mol. The van der Waals surface area contributed by atoms with Crippen molar-refractivity contribution in [2.75, 3.05) is 31.1 Å². The Bertz CT molecular complexity index is 832. The molecule has 4 rings (SSSR count). The quantitative estimate of drug-likeness (QED) is 0.747. The second-order valence-electron chi connectivity index (χ2n) is 6.30. The Hall–Kier alpha value is -2.45. The molecule has 0 aliphatic carbocycles. The molecule has 1 saturated heterocycles. The van der Waals surface area contributed by atoms with Gasteiger partial charge in [0.05, 0.1) is 12.5 Å². The number of oxazole rings is 1. The van der Waals surface area contributed by atoms with Crippen LogP contribution in [0.3, 0.4) is 0 Å². The third kappa shape index (κ3) is 3.22. The molecule has 1 unspecified atom stereocenters. The monoisotopic (exact) mass is 343 g/mol. The highest BCUT2D eigenvalue weighted by atomic mass is 16.4. The number of furan rings is 1. The number of nitrogens with zero attached hydrogens (tertiary/aromatic N) is 5. The summed E-state index contributed by atoms with van der Waals surface area (Å²) >= 11 is 0. The molecular formula is C17H21N5O3. The molecule has 3 aromatic heterocycles. The van der Waals surface area contributed by atoms with E-state index in [0.29, 0.717) is 23.5 Å². The van der Waals surface area contributed by atoms with Gasteiger partial charge in [-0.25, -0.2) is 9.97 Å². The number of aliphatic hydroxyl groups is 1. The van der Waals surface area contributed by atoms with E-state index in [2.05, 4.69) is 24.8 Å². The molecule has 0 saturated carbocycles. The van der Waals surface area contributed by atoms with Crippen LogP contribution < -0.4 is 4.90 Å². The van der Waals surface area contributed by atoms with Gasteiger partial charge in [-0.2, -0.15) is 4.98 Å². The first-order valence-electron chi connectivity index (χ1n) is 8.43. The van der Waals surface area contributed by atoms with Gasteiger partial charge in [0.2, 0.25) is 0 Å². The van der Waals surface area contributed by atoms with Gasteiger partial charge in [-0.1, -0.05) is 0 Å². The lowest BCUT2D eigenvalue weighted by Crippen LogP contribution is -2.53. The topological polar surface area (TPSA) is 91.7 Å². The molecule has 1 atom stereocenters. The Morgan fingerprint density at radius 3 is 3.04 bits per heavy atom. The number of hydrogen-bond donors (Lipinski definition) is 1. The summed E-state index contributed by atoms with van der Waals surface area (Å²) in [7, 11) is 0. The maximum atomic E-state index is 9.48. The van der Waals surface area contributed by atoms with E-state index in [-0.39, 0.29) is 12.6 Å². The van der Waals surface area contributed by atoms with Gasteiger partial charge in [-0.05, 0) is 12.5 Å². The summed E-state index contributed by atoms with van der Waals surface area (Å²) in [6.45, 7) is 5.26. The van der Waals surface area contributed by atoms with E-state index < -0.39 is 0 Å². The van der Waals surface area contributed by atoms with E-state index >= 15 is 0 Å². The third-order valence-corrected chi connectivity index (χ3v) is 4.62. The van der Waals surface area contributed by atoms with Crippen LogP contribution in [0.2, 0.25) is 0 Å². The van der Waals surface area contributed by atoms with Crippen LogP contribution in [0.15, 0.2) is 33.8 Å². The van der Waals surface area contributed by atoms with Crippen LogP contribution in [0.4, 0.5) is 5.82 Å². The van der Waals surface area contributed by atoms with E-state index in [4.69, 9.17) is 8.83 Å². The van der Waals surface area contributed by atoms with Gasteiger partial charge in [-0.15, -0.1) is 0 Å². The van der Waals surface area contributed by atoms with Crippen molar-refractivity contribution < 1.29 is 13.9 Å². The molecule has 25 heavy (non-hydrogen) atoms. The summed E-state index contributed by atoms with van der Waals surface area (Å²) in [5.74, 6) is 1.38. The van der Waals surface area contributed by atoms with Gasteiger partial charge in [0.25, 0.3) is 5.71 Å². The minimum Gasteiger partial charge on any atom is -0.472 e. The average Bonchev–Trinajstić information content (AvgIpc) is 3.24. The summed E-state index contributed by atoms with van der Waals surface area (Å²) < 4.78 is 10.7. The van der Waals surface area contributed by atoms with Crippen LogP contribution in [0, 0.1) is 6.92 Å². The fraction of sp³-hybridized carbons (Fsp3) is 0.471. The largest absolute Gasteiger partial charge is 0.472 e. The smallest absolute Gasteiger partial charge is 0.252 e. The van der Waals surface area contributed by atoms with E-state index in [1.54, 1.807) is 12.5 Å². The fourth-order valence-electron chi connectivity index (χ4n) is 3.41.